The molecule has 1 aliphatic rings. The van der Waals surface area contributed by atoms with Crippen molar-refractivity contribution in [3.05, 3.63) is 68.9 Å². The van der Waals surface area contributed by atoms with E-state index in [0.717, 1.165) is 16.0 Å². The first kappa shape index (κ1) is 23.8. The third-order valence-electron chi connectivity index (χ3n) is 5.89. The Bertz CT molecular complexity index is 1260. The Labute approximate surface area is 202 Å². The van der Waals surface area contributed by atoms with Crippen molar-refractivity contribution in [3.8, 4) is 10.4 Å². The molecule has 34 heavy (non-hydrogen) atoms. The van der Waals surface area contributed by atoms with E-state index in [1.165, 1.54) is 11.3 Å². The Hall–Kier alpha value is -3.30. The molecule has 0 bridgehead atoms. The second-order valence-electron chi connectivity index (χ2n) is 8.29. The van der Waals surface area contributed by atoms with Crippen molar-refractivity contribution in [3.63, 3.8) is 0 Å². The molecule has 4 rings (SSSR count). The summed E-state index contributed by atoms with van der Waals surface area (Å²) in [6, 6.07) is 9.83. The molecule has 2 aromatic heterocycles. The van der Waals surface area contributed by atoms with Crippen LogP contribution < -0.4 is 10.9 Å². The molecule has 9 heteroatoms. The van der Waals surface area contributed by atoms with E-state index in [1.54, 1.807) is 18.7 Å². The number of aromatic amines is 1. The number of anilines is 1. The maximum Gasteiger partial charge on any atom is 0.257 e. The van der Waals surface area contributed by atoms with E-state index in [-0.39, 0.29) is 30.2 Å². The maximum absolute atomic E-state index is 13.4. The van der Waals surface area contributed by atoms with Crippen LogP contribution >= 0.6 is 11.3 Å². The first-order valence-corrected chi connectivity index (χ1v) is 12.1. The van der Waals surface area contributed by atoms with Gasteiger partial charge in [-0.15, -0.1) is 11.3 Å². The van der Waals surface area contributed by atoms with Crippen molar-refractivity contribution < 1.29 is 14.3 Å². The van der Waals surface area contributed by atoms with Crippen molar-refractivity contribution in [2.45, 2.75) is 33.6 Å². The first-order valence-electron chi connectivity index (χ1n) is 11.3. The zero-order chi connectivity index (χ0) is 24.2. The standard InChI is InChI=1S/C25H28N4O4S/c1-15-21(25(32)29-11-13-33-14-12-29)24(34-22(15)18-7-5-4-6-8-18)28-20(30)10-9-19-16(2)26-17(3)27-23(19)31/h4-8H,9-14H2,1-3H3,(H,28,30)(H,26,27,31). The number of aryl methyl sites for hydroxylation is 2. The SMILES string of the molecule is Cc1nc(C)c(CCC(=O)Nc2sc(-c3ccccc3)c(C)c2C(=O)N2CCOCC2)c(=O)[nH]1. The van der Waals surface area contributed by atoms with E-state index in [9.17, 15) is 14.4 Å². The fourth-order valence-corrected chi connectivity index (χ4v) is 5.34. The van der Waals surface area contributed by atoms with E-state index in [1.807, 2.05) is 37.3 Å². The highest BCUT2D eigenvalue weighted by Crippen LogP contribution is 2.40. The molecule has 2 N–H and O–H groups in total. The van der Waals surface area contributed by atoms with Crippen molar-refractivity contribution in [2.75, 3.05) is 31.6 Å². The highest BCUT2D eigenvalue weighted by Gasteiger charge is 2.28. The minimum Gasteiger partial charge on any atom is -0.378 e. The Balaban J connectivity index is 1.60. The molecule has 1 aromatic carbocycles. The average Bonchev–Trinajstić information content (AvgIpc) is 3.14. The van der Waals surface area contributed by atoms with Crippen LogP contribution in [0.3, 0.4) is 0 Å². The van der Waals surface area contributed by atoms with Gasteiger partial charge in [0.15, 0.2) is 0 Å². The van der Waals surface area contributed by atoms with Gasteiger partial charge >= 0.3 is 0 Å². The zero-order valence-corrected chi connectivity index (χ0v) is 20.4. The number of rotatable bonds is 6. The summed E-state index contributed by atoms with van der Waals surface area (Å²) in [4.78, 5) is 48.3. The van der Waals surface area contributed by atoms with Gasteiger partial charge in [0.2, 0.25) is 5.91 Å². The molecule has 8 nitrogen and oxygen atoms in total. The first-order chi connectivity index (χ1) is 16.3. The van der Waals surface area contributed by atoms with Gasteiger partial charge in [-0.2, -0.15) is 0 Å². The Morgan fingerprint density at radius 1 is 1.15 bits per heavy atom. The lowest BCUT2D eigenvalue weighted by atomic mass is 10.1. The summed E-state index contributed by atoms with van der Waals surface area (Å²) in [5, 5.41) is 3.48. The molecule has 0 unspecified atom stereocenters. The second-order valence-corrected chi connectivity index (χ2v) is 9.32. The summed E-state index contributed by atoms with van der Waals surface area (Å²) >= 11 is 1.40. The number of ether oxygens (including phenoxy) is 1. The Morgan fingerprint density at radius 2 is 1.85 bits per heavy atom. The molecular weight excluding hydrogens is 452 g/mol. The highest BCUT2D eigenvalue weighted by molar-refractivity contribution is 7.20. The molecule has 1 aliphatic heterocycles. The fourth-order valence-electron chi connectivity index (χ4n) is 4.12. The lowest BCUT2D eigenvalue weighted by Gasteiger charge is -2.27. The van der Waals surface area contributed by atoms with E-state index in [4.69, 9.17) is 4.74 Å². The van der Waals surface area contributed by atoms with Crippen molar-refractivity contribution in [2.24, 2.45) is 0 Å². The number of nitrogens with zero attached hydrogens (tertiary/aromatic N) is 2. The van der Waals surface area contributed by atoms with E-state index in [2.05, 4.69) is 15.3 Å². The summed E-state index contributed by atoms with van der Waals surface area (Å²) in [6.45, 7) is 7.45. The van der Waals surface area contributed by atoms with Gasteiger partial charge in [0, 0.05) is 35.6 Å². The third-order valence-corrected chi connectivity index (χ3v) is 7.15. The van der Waals surface area contributed by atoms with Gasteiger partial charge in [-0.1, -0.05) is 30.3 Å². The maximum atomic E-state index is 13.4. The molecule has 3 aromatic rings. The molecule has 178 valence electrons. The minimum absolute atomic E-state index is 0.107. The van der Waals surface area contributed by atoms with Crippen LogP contribution in [0.5, 0.6) is 0 Å². The van der Waals surface area contributed by atoms with Gasteiger partial charge in [-0.05, 0) is 38.3 Å². The van der Waals surface area contributed by atoms with Crippen LogP contribution in [0.15, 0.2) is 35.1 Å². The minimum atomic E-state index is -0.253. The summed E-state index contributed by atoms with van der Waals surface area (Å²) in [6.07, 6.45) is 0.375. The molecular formula is C25H28N4O4S. The van der Waals surface area contributed by atoms with Gasteiger partial charge in [0.1, 0.15) is 10.8 Å². The molecule has 1 saturated heterocycles. The largest absolute Gasteiger partial charge is 0.378 e. The number of nitrogens with one attached hydrogen (secondary N) is 2. The number of amides is 2. The number of hydrogen-bond acceptors (Lipinski definition) is 6. The number of hydrogen-bond donors (Lipinski definition) is 2. The number of carbonyl (C=O) groups excluding carboxylic acids is 2. The number of morpholine rings is 1. The Morgan fingerprint density at radius 3 is 2.53 bits per heavy atom. The molecule has 0 atom stereocenters. The summed E-state index contributed by atoms with van der Waals surface area (Å²) in [5.74, 6) is 0.185. The van der Waals surface area contributed by atoms with Gasteiger partial charge < -0.3 is 19.9 Å². The molecule has 3 heterocycles. The molecule has 0 saturated carbocycles. The fraction of sp³-hybridized carbons (Fsp3) is 0.360. The predicted molar refractivity (Wildman–Crippen MR) is 132 cm³/mol. The smallest absolute Gasteiger partial charge is 0.257 e. The number of carbonyl (C=O) groups is 2. The average molecular weight is 481 g/mol. The van der Waals surface area contributed by atoms with Crippen LogP contribution in [0, 0.1) is 20.8 Å². The van der Waals surface area contributed by atoms with Gasteiger partial charge in [0.05, 0.1) is 18.8 Å². The number of thiophene rings is 1. The lowest BCUT2D eigenvalue weighted by Crippen LogP contribution is -2.41. The molecule has 0 spiro atoms. The van der Waals surface area contributed by atoms with E-state index in [0.29, 0.717) is 53.9 Å². The van der Waals surface area contributed by atoms with E-state index < -0.39 is 0 Å². The predicted octanol–water partition coefficient (Wildman–Crippen LogP) is 3.47. The van der Waals surface area contributed by atoms with Gasteiger partial charge in [-0.3, -0.25) is 14.4 Å². The topological polar surface area (TPSA) is 104 Å². The van der Waals surface area contributed by atoms with Crippen LogP contribution in [-0.2, 0) is 16.0 Å². The second kappa shape index (κ2) is 10.3. The van der Waals surface area contributed by atoms with Crippen LogP contribution in [0.4, 0.5) is 5.00 Å². The molecule has 1 fully saturated rings. The number of benzene rings is 1. The summed E-state index contributed by atoms with van der Waals surface area (Å²) in [7, 11) is 0. The number of aromatic nitrogens is 2. The highest BCUT2D eigenvalue weighted by atomic mass is 32.1. The third kappa shape index (κ3) is 5.10. The van der Waals surface area contributed by atoms with Crippen LogP contribution in [-0.4, -0.2) is 53.0 Å². The quantitative estimate of drug-likeness (QED) is 0.562. The van der Waals surface area contributed by atoms with Crippen LogP contribution in [0.1, 0.15) is 39.4 Å². The normalized spacial score (nSPS) is 13.7. The van der Waals surface area contributed by atoms with Crippen LogP contribution in [0.25, 0.3) is 10.4 Å². The van der Waals surface area contributed by atoms with E-state index >= 15 is 0 Å². The van der Waals surface area contributed by atoms with Gasteiger partial charge in [0.25, 0.3) is 11.5 Å². The molecule has 2 amide bonds. The van der Waals surface area contributed by atoms with Crippen molar-refractivity contribution in [1.29, 1.82) is 0 Å². The summed E-state index contributed by atoms with van der Waals surface area (Å²) < 4.78 is 5.39. The van der Waals surface area contributed by atoms with Crippen molar-refractivity contribution in [1.82, 2.24) is 14.9 Å². The molecule has 0 aliphatic carbocycles. The molecule has 0 radical (unpaired) electrons. The number of H-pyrrole nitrogens is 1. The van der Waals surface area contributed by atoms with Crippen LogP contribution in [0.2, 0.25) is 0 Å². The lowest BCUT2D eigenvalue weighted by molar-refractivity contribution is -0.116. The monoisotopic (exact) mass is 480 g/mol. The van der Waals surface area contributed by atoms with Gasteiger partial charge in [-0.25, -0.2) is 4.98 Å². The van der Waals surface area contributed by atoms with Crippen molar-refractivity contribution >= 4 is 28.2 Å². The summed E-state index contributed by atoms with van der Waals surface area (Å²) in [5.41, 5.74) is 3.25. The Kier molecular flexibility index (Phi) is 7.23. The zero-order valence-electron chi connectivity index (χ0n) is 19.6.